The van der Waals surface area contributed by atoms with Crippen LogP contribution in [0.5, 0.6) is 0 Å². The Kier molecular flexibility index (Phi) is 3.93. The first kappa shape index (κ1) is 13.0. The first-order chi connectivity index (χ1) is 8.58. The van der Waals surface area contributed by atoms with Crippen LogP contribution in [0.1, 0.15) is 10.4 Å². The van der Waals surface area contributed by atoms with Gasteiger partial charge in [-0.15, -0.1) is 11.3 Å². The number of pyridine rings is 1. The van der Waals surface area contributed by atoms with Crippen molar-refractivity contribution in [3.63, 3.8) is 0 Å². The summed E-state index contributed by atoms with van der Waals surface area (Å²) in [4.78, 5) is 15.7. The molecule has 0 aliphatic heterocycles. The minimum Gasteiger partial charge on any atom is -0.359 e. The molecular formula is C11H10BrN3O2S. The SMILES string of the molecule is Cc1ccnc(NCc2cc(Br)cs2)c1[N+](=O)[O-]. The molecule has 1 N–H and O–H groups in total. The number of hydrogen-bond donors (Lipinski definition) is 1. The third-order valence-electron chi connectivity index (χ3n) is 2.36. The number of nitrogens with one attached hydrogen (secondary N) is 1. The van der Waals surface area contributed by atoms with Crippen molar-refractivity contribution in [1.82, 2.24) is 4.98 Å². The second-order valence-electron chi connectivity index (χ2n) is 3.67. The van der Waals surface area contributed by atoms with Crippen molar-refractivity contribution in [1.29, 1.82) is 0 Å². The molecule has 0 unspecified atom stereocenters. The normalized spacial score (nSPS) is 10.3. The third kappa shape index (κ3) is 2.85. The summed E-state index contributed by atoms with van der Waals surface area (Å²) in [7, 11) is 0. The van der Waals surface area contributed by atoms with Crippen LogP contribution >= 0.6 is 27.3 Å². The lowest BCUT2D eigenvalue weighted by atomic mass is 10.2. The second-order valence-corrected chi connectivity index (χ2v) is 5.58. The molecule has 0 bridgehead atoms. The number of rotatable bonds is 4. The van der Waals surface area contributed by atoms with E-state index >= 15 is 0 Å². The van der Waals surface area contributed by atoms with E-state index in [2.05, 4.69) is 26.2 Å². The zero-order valence-corrected chi connectivity index (χ0v) is 11.9. The topological polar surface area (TPSA) is 68.1 Å². The lowest BCUT2D eigenvalue weighted by Crippen LogP contribution is -2.04. The zero-order chi connectivity index (χ0) is 13.1. The number of nitro groups is 1. The summed E-state index contributed by atoms with van der Waals surface area (Å²) < 4.78 is 1.01. The van der Waals surface area contributed by atoms with Crippen molar-refractivity contribution in [3.8, 4) is 0 Å². The van der Waals surface area contributed by atoms with Crippen LogP contribution in [0.2, 0.25) is 0 Å². The van der Waals surface area contributed by atoms with Gasteiger partial charge in [-0.25, -0.2) is 4.98 Å². The minimum atomic E-state index is -0.408. The molecule has 0 atom stereocenters. The quantitative estimate of drug-likeness (QED) is 0.686. The molecule has 0 fully saturated rings. The largest absolute Gasteiger partial charge is 0.359 e. The number of aryl methyl sites for hydroxylation is 1. The average molecular weight is 328 g/mol. The van der Waals surface area contributed by atoms with E-state index in [9.17, 15) is 10.1 Å². The molecule has 0 aromatic carbocycles. The number of halogens is 1. The maximum absolute atomic E-state index is 11.0. The van der Waals surface area contributed by atoms with Crippen molar-refractivity contribution in [2.75, 3.05) is 5.32 Å². The predicted octanol–water partition coefficient (Wildman–Crippen LogP) is 3.73. The Morgan fingerprint density at radius 1 is 1.61 bits per heavy atom. The molecule has 0 saturated carbocycles. The summed E-state index contributed by atoms with van der Waals surface area (Å²) >= 11 is 4.95. The Labute approximate surface area is 116 Å². The van der Waals surface area contributed by atoms with Gasteiger partial charge >= 0.3 is 5.69 Å². The lowest BCUT2D eigenvalue weighted by molar-refractivity contribution is -0.384. The molecular weight excluding hydrogens is 318 g/mol. The maximum atomic E-state index is 11.0. The van der Waals surface area contributed by atoms with Gasteiger partial charge in [-0.1, -0.05) is 0 Å². The molecule has 2 rings (SSSR count). The number of nitrogens with zero attached hydrogens (tertiary/aromatic N) is 2. The fourth-order valence-electron chi connectivity index (χ4n) is 1.53. The highest BCUT2D eigenvalue weighted by Gasteiger charge is 2.18. The molecule has 18 heavy (non-hydrogen) atoms. The average Bonchev–Trinajstić information content (AvgIpc) is 2.72. The Balaban J connectivity index is 2.19. The van der Waals surface area contributed by atoms with Crippen LogP contribution in [-0.2, 0) is 6.54 Å². The Morgan fingerprint density at radius 3 is 3.00 bits per heavy atom. The van der Waals surface area contributed by atoms with Gasteiger partial charge in [-0.2, -0.15) is 0 Å². The predicted molar refractivity (Wildman–Crippen MR) is 75.0 cm³/mol. The van der Waals surface area contributed by atoms with Gasteiger partial charge in [0.2, 0.25) is 5.82 Å². The van der Waals surface area contributed by atoms with Gasteiger partial charge in [0.05, 0.1) is 11.5 Å². The summed E-state index contributed by atoms with van der Waals surface area (Å²) in [5, 5.41) is 15.9. The molecule has 7 heteroatoms. The van der Waals surface area contributed by atoms with Gasteiger partial charge < -0.3 is 5.32 Å². The van der Waals surface area contributed by atoms with E-state index in [1.165, 1.54) is 0 Å². The van der Waals surface area contributed by atoms with Crippen LogP contribution in [0.15, 0.2) is 28.2 Å². The van der Waals surface area contributed by atoms with Crippen molar-refractivity contribution < 1.29 is 4.92 Å². The van der Waals surface area contributed by atoms with Crippen LogP contribution in [0.4, 0.5) is 11.5 Å². The first-order valence-electron chi connectivity index (χ1n) is 5.14. The molecule has 5 nitrogen and oxygen atoms in total. The molecule has 94 valence electrons. The number of aromatic nitrogens is 1. The Hall–Kier alpha value is -1.47. The van der Waals surface area contributed by atoms with E-state index in [1.807, 2.05) is 11.4 Å². The summed E-state index contributed by atoms with van der Waals surface area (Å²) in [5.74, 6) is 0.310. The summed E-state index contributed by atoms with van der Waals surface area (Å²) in [6.45, 7) is 2.22. The molecule has 0 aliphatic carbocycles. The molecule has 0 saturated heterocycles. The van der Waals surface area contributed by atoms with Crippen LogP contribution in [0.25, 0.3) is 0 Å². The van der Waals surface area contributed by atoms with Crippen molar-refractivity contribution >= 4 is 38.8 Å². The van der Waals surface area contributed by atoms with Crippen molar-refractivity contribution in [3.05, 3.63) is 48.7 Å². The fourth-order valence-corrected chi connectivity index (χ4v) is 2.92. The van der Waals surface area contributed by atoms with Gasteiger partial charge in [-0.3, -0.25) is 10.1 Å². The molecule has 0 amide bonds. The van der Waals surface area contributed by atoms with E-state index in [-0.39, 0.29) is 5.69 Å². The molecule has 0 radical (unpaired) electrons. The fraction of sp³-hybridized carbons (Fsp3) is 0.182. The second kappa shape index (κ2) is 5.45. The van der Waals surface area contributed by atoms with E-state index in [4.69, 9.17) is 0 Å². The lowest BCUT2D eigenvalue weighted by Gasteiger charge is -2.06. The smallest absolute Gasteiger partial charge is 0.314 e. The van der Waals surface area contributed by atoms with E-state index < -0.39 is 4.92 Å². The Morgan fingerprint density at radius 2 is 2.39 bits per heavy atom. The third-order valence-corrected chi connectivity index (χ3v) is 4.06. The highest BCUT2D eigenvalue weighted by molar-refractivity contribution is 9.10. The van der Waals surface area contributed by atoms with Crippen LogP contribution in [0.3, 0.4) is 0 Å². The van der Waals surface area contributed by atoms with Gasteiger partial charge in [0.25, 0.3) is 0 Å². The molecule has 0 spiro atoms. The summed E-state index contributed by atoms with van der Waals surface area (Å²) in [5.41, 5.74) is 0.637. The van der Waals surface area contributed by atoms with E-state index in [0.717, 1.165) is 9.35 Å². The van der Waals surface area contributed by atoms with E-state index in [0.29, 0.717) is 17.9 Å². The van der Waals surface area contributed by atoms with Crippen molar-refractivity contribution in [2.45, 2.75) is 13.5 Å². The van der Waals surface area contributed by atoms with Gasteiger partial charge in [0.1, 0.15) is 0 Å². The van der Waals surface area contributed by atoms with Gasteiger partial charge in [0, 0.05) is 26.5 Å². The standard InChI is InChI=1S/C11H10BrN3O2S/c1-7-2-3-13-11(10(7)15(16)17)14-5-9-4-8(12)6-18-9/h2-4,6H,5H2,1H3,(H,13,14). The van der Waals surface area contributed by atoms with Crippen molar-refractivity contribution in [2.24, 2.45) is 0 Å². The number of thiophene rings is 1. The number of anilines is 1. The molecule has 2 aromatic heterocycles. The first-order valence-corrected chi connectivity index (χ1v) is 6.82. The van der Waals surface area contributed by atoms with E-state index in [1.54, 1.807) is 30.5 Å². The molecule has 0 aliphatic rings. The summed E-state index contributed by atoms with van der Waals surface area (Å²) in [6, 6.07) is 3.60. The maximum Gasteiger partial charge on any atom is 0.314 e. The van der Waals surface area contributed by atoms with Gasteiger partial charge in [0.15, 0.2) is 0 Å². The number of hydrogen-bond acceptors (Lipinski definition) is 5. The van der Waals surface area contributed by atoms with Crippen LogP contribution in [-0.4, -0.2) is 9.91 Å². The highest BCUT2D eigenvalue weighted by atomic mass is 79.9. The Bertz CT molecular complexity index is 585. The molecule has 2 aromatic rings. The van der Waals surface area contributed by atoms with Crippen LogP contribution < -0.4 is 5.32 Å². The van der Waals surface area contributed by atoms with Gasteiger partial charge in [-0.05, 0) is 35.0 Å². The minimum absolute atomic E-state index is 0.0353. The monoisotopic (exact) mass is 327 g/mol. The summed E-state index contributed by atoms with van der Waals surface area (Å²) in [6.07, 6.45) is 1.56. The zero-order valence-electron chi connectivity index (χ0n) is 9.51. The van der Waals surface area contributed by atoms with Crippen LogP contribution in [0, 0.1) is 17.0 Å². The molecule has 2 heterocycles. The highest BCUT2D eigenvalue weighted by Crippen LogP contribution is 2.27.